The quantitative estimate of drug-likeness (QED) is 0.607. The van der Waals surface area contributed by atoms with Crippen molar-refractivity contribution in [3.05, 3.63) is 29.8 Å². The van der Waals surface area contributed by atoms with Crippen LogP contribution in [-0.2, 0) is 14.8 Å². The van der Waals surface area contributed by atoms with Crippen molar-refractivity contribution in [2.75, 3.05) is 32.7 Å². The van der Waals surface area contributed by atoms with Gasteiger partial charge in [0.05, 0.1) is 4.90 Å². The second kappa shape index (κ2) is 11.2. The van der Waals surface area contributed by atoms with Gasteiger partial charge in [-0.2, -0.15) is 4.31 Å². The third-order valence-electron chi connectivity index (χ3n) is 7.84. The van der Waals surface area contributed by atoms with Gasteiger partial charge in [0, 0.05) is 50.7 Å². The Bertz CT molecular complexity index is 966. The lowest BCUT2D eigenvalue weighted by molar-refractivity contribution is -0.133. The second-order valence-electron chi connectivity index (χ2n) is 10.2. The molecule has 0 radical (unpaired) electrons. The highest BCUT2D eigenvalue weighted by Gasteiger charge is 2.32. The van der Waals surface area contributed by atoms with Gasteiger partial charge in [-0.05, 0) is 50.3 Å². The van der Waals surface area contributed by atoms with Crippen molar-refractivity contribution in [2.45, 2.75) is 82.1 Å². The van der Waals surface area contributed by atoms with E-state index < -0.39 is 10.0 Å². The molecular weight excluding hydrogens is 450 g/mol. The molecule has 2 saturated heterocycles. The minimum absolute atomic E-state index is 0.0261. The van der Waals surface area contributed by atoms with E-state index in [1.54, 1.807) is 27.4 Å². The Labute approximate surface area is 204 Å². The van der Waals surface area contributed by atoms with Crippen LogP contribution in [0.5, 0.6) is 0 Å². The molecule has 0 bridgehead atoms. The lowest BCUT2D eigenvalue weighted by Gasteiger charge is -2.35. The summed E-state index contributed by atoms with van der Waals surface area (Å²) in [7, 11) is -3.62. The molecule has 2 amide bonds. The number of rotatable bonds is 6. The van der Waals surface area contributed by atoms with E-state index in [4.69, 9.17) is 0 Å². The highest BCUT2D eigenvalue weighted by atomic mass is 32.2. The first kappa shape index (κ1) is 25.2. The number of amides is 2. The second-order valence-corrected chi connectivity index (χ2v) is 12.1. The van der Waals surface area contributed by atoms with E-state index in [-0.39, 0.29) is 22.8 Å². The molecule has 2 heterocycles. The average molecular weight is 490 g/mol. The smallest absolute Gasteiger partial charge is 0.254 e. The van der Waals surface area contributed by atoms with Gasteiger partial charge >= 0.3 is 0 Å². The van der Waals surface area contributed by atoms with Crippen LogP contribution in [0.15, 0.2) is 29.2 Å². The molecule has 0 aromatic heterocycles. The van der Waals surface area contributed by atoms with Gasteiger partial charge in [0.15, 0.2) is 0 Å². The zero-order valence-corrected chi connectivity index (χ0v) is 21.3. The first-order chi connectivity index (χ1) is 16.4. The minimum atomic E-state index is -3.62. The van der Waals surface area contributed by atoms with Gasteiger partial charge in [-0.3, -0.25) is 9.59 Å². The molecule has 1 unspecified atom stereocenters. The fraction of sp³-hybridized carbons (Fsp3) is 0.692. The van der Waals surface area contributed by atoms with Crippen LogP contribution in [0.4, 0.5) is 0 Å². The molecule has 0 spiro atoms. The summed E-state index contributed by atoms with van der Waals surface area (Å²) in [6.07, 6.45) is 10.8. The van der Waals surface area contributed by atoms with Crippen molar-refractivity contribution in [1.29, 1.82) is 0 Å². The van der Waals surface area contributed by atoms with Gasteiger partial charge in [0.1, 0.15) is 0 Å². The SMILES string of the molecule is CC1CCCCN1S(=O)(=O)c1cccc(C(=O)N2CCN(C(=O)CCC3CCCCC3)CC2)c1. The fourth-order valence-corrected chi connectivity index (χ4v) is 7.40. The van der Waals surface area contributed by atoms with E-state index in [0.29, 0.717) is 50.6 Å². The molecule has 2 aliphatic heterocycles. The zero-order valence-electron chi connectivity index (χ0n) is 20.5. The van der Waals surface area contributed by atoms with E-state index in [1.165, 1.54) is 38.2 Å². The number of hydrogen-bond acceptors (Lipinski definition) is 4. The summed E-state index contributed by atoms with van der Waals surface area (Å²) >= 11 is 0. The van der Waals surface area contributed by atoms with Gasteiger partial charge in [0.25, 0.3) is 5.91 Å². The van der Waals surface area contributed by atoms with Crippen LogP contribution < -0.4 is 0 Å². The Kier molecular flexibility index (Phi) is 8.30. The normalized spacial score (nSPS) is 23.1. The molecule has 4 rings (SSSR count). The maximum absolute atomic E-state index is 13.2. The molecule has 188 valence electrons. The number of benzene rings is 1. The van der Waals surface area contributed by atoms with E-state index in [2.05, 4.69) is 0 Å². The maximum Gasteiger partial charge on any atom is 0.254 e. The van der Waals surface area contributed by atoms with Crippen molar-refractivity contribution in [3.8, 4) is 0 Å². The topological polar surface area (TPSA) is 78.0 Å². The summed E-state index contributed by atoms with van der Waals surface area (Å²) in [6, 6.07) is 6.40. The molecule has 3 aliphatic rings. The van der Waals surface area contributed by atoms with Crippen LogP contribution >= 0.6 is 0 Å². The number of carbonyl (C=O) groups is 2. The summed E-state index contributed by atoms with van der Waals surface area (Å²) in [4.78, 5) is 29.6. The summed E-state index contributed by atoms with van der Waals surface area (Å²) in [6.45, 7) is 4.51. The van der Waals surface area contributed by atoms with E-state index in [9.17, 15) is 18.0 Å². The van der Waals surface area contributed by atoms with Gasteiger partial charge in [-0.1, -0.05) is 44.6 Å². The Morgan fingerprint density at radius 1 is 0.882 bits per heavy atom. The highest BCUT2D eigenvalue weighted by molar-refractivity contribution is 7.89. The monoisotopic (exact) mass is 489 g/mol. The molecule has 3 fully saturated rings. The van der Waals surface area contributed by atoms with Crippen LogP contribution in [0.25, 0.3) is 0 Å². The third-order valence-corrected chi connectivity index (χ3v) is 9.85. The van der Waals surface area contributed by atoms with Gasteiger partial charge in [0.2, 0.25) is 15.9 Å². The van der Waals surface area contributed by atoms with Crippen molar-refractivity contribution in [1.82, 2.24) is 14.1 Å². The molecular formula is C26H39N3O4S. The van der Waals surface area contributed by atoms with E-state index >= 15 is 0 Å². The third kappa shape index (κ3) is 5.82. The lowest BCUT2D eigenvalue weighted by atomic mass is 9.86. The van der Waals surface area contributed by atoms with Crippen LogP contribution in [0.3, 0.4) is 0 Å². The predicted molar refractivity (Wildman–Crippen MR) is 132 cm³/mol. The van der Waals surface area contributed by atoms with E-state index in [1.807, 2.05) is 11.8 Å². The van der Waals surface area contributed by atoms with Crippen LogP contribution in [-0.4, -0.2) is 73.1 Å². The molecule has 7 nitrogen and oxygen atoms in total. The summed E-state index contributed by atoms with van der Waals surface area (Å²) in [5.74, 6) is 0.719. The first-order valence-corrected chi connectivity index (χ1v) is 14.5. The van der Waals surface area contributed by atoms with Gasteiger partial charge < -0.3 is 9.80 Å². The summed E-state index contributed by atoms with van der Waals surface area (Å²) in [5.41, 5.74) is 0.391. The van der Waals surface area contributed by atoms with Crippen molar-refractivity contribution >= 4 is 21.8 Å². The number of piperidine rings is 1. The molecule has 34 heavy (non-hydrogen) atoms. The standard InChI is InChI=1S/C26H39N3O4S/c1-21-8-5-6-15-29(21)34(32,33)24-12-7-11-23(20-24)26(31)28-18-16-27(17-19-28)25(30)14-13-22-9-3-2-4-10-22/h7,11-12,20-22H,2-6,8-10,13-19H2,1H3. The number of piperazine rings is 1. The number of carbonyl (C=O) groups excluding carboxylic acids is 2. The zero-order chi connectivity index (χ0) is 24.1. The molecule has 8 heteroatoms. The summed E-state index contributed by atoms with van der Waals surface area (Å²) in [5, 5.41) is 0. The molecule has 0 N–H and O–H groups in total. The Hall–Kier alpha value is -1.93. The Balaban J connectivity index is 1.33. The van der Waals surface area contributed by atoms with Crippen LogP contribution in [0.1, 0.15) is 81.5 Å². The minimum Gasteiger partial charge on any atom is -0.339 e. The predicted octanol–water partition coefficient (Wildman–Crippen LogP) is 3.89. The van der Waals surface area contributed by atoms with E-state index in [0.717, 1.165) is 25.7 Å². The number of sulfonamides is 1. The molecule has 1 aliphatic carbocycles. The molecule has 1 aromatic rings. The van der Waals surface area contributed by atoms with Gasteiger partial charge in [-0.15, -0.1) is 0 Å². The number of nitrogens with zero attached hydrogens (tertiary/aromatic N) is 3. The van der Waals surface area contributed by atoms with Gasteiger partial charge in [-0.25, -0.2) is 8.42 Å². The first-order valence-electron chi connectivity index (χ1n) is 13.1. The van der Waals surface area contributed by atoms with Crippen molar-refractivity contribution in [2.24, 2.45) is 5.92 Å². The molecule has 1 saturated carbocycles. The average Bonchev–Trinajstić information content (AvgIpc) is 2.88. The van der Waals surface area contributed by atoms with Crippen LogP contribution in [0.2, 0.25) is 0 Å². The fourth-order valence-electron chi connectivity index (χ4n) is 5.66. The highest BCUT2D eigenvalue weighted by Crippen LogP contribution is 2.28. The summed E-state index contributed by atoms with van der Waals surface area (Å²) < 4.78 is 28.0. The molecule has 1 aromatic carbocycles. The van der Waals surface area contributed by atoms with Crippen molar-refractivity contribution in [3.63, 3.8) is 0 Å². The molecule has 1 atom stereocenters. The Morgan fingerprint density at radius 3 is 2.26 bits per heavy atom. The number of hydrogen-bond donors (Lipinski definition) is 0. The van der Waals surface area contributed by atoms with Crippen LogP contribution in [0, 0.1) is 5.92 Å². The Morgan fingerprint density at radius 2 is 1.56 bits per heavy atom. The maximum atomic E-state index is 13.2. The lowest BCUT2D eigenvalue weighted by Crippen LogP contribution is -2.50. The largest absolute Gasteiger partial charge is 0.339 e. The van der Waals surface area contributed by atoms with Crippen molar-refractivity contribution < 1.29 is 18.0 Å².